The number of benzene rings is 5. The molecule has 2 saturated heterocycles. The lowest BCUT2D eigenvalue weighted by atomic mass is 9.97. The molecule has 6 aromatic rings. The molecule has 0 saturated carbocycles. The summed E-state index contributed by atoms with van der Waals surface area (Å²) < 4.78 is 75.0. The van der Waals surface area contributed by atoms with E-state index in [2.05, 4.69) is 36.9 Å². The van der Waals surface area contributed by atoms with E-state index in [4.69, 9.17) is 11.6 Å². The first kappa shape index (κ1) is 51.8. The average molecular weight is 1040 g/mol. The first-order chi connectivity index (χ1) is 33.8. The van der Waals surface area contributed by atoms with Crippen LogP contribution in [0.3, 0.4) is 0 Å². The van der Waals surface area contributed by atoms with Gasteiger partial charge in [0.15, 0.2) is 9.84 Å². The number of aromatic nitrogens is 1. The summed E-state index contributed by atoms with van der Waals surface area (Å²) in [5.41, 5.74) is 6.61. The molecule has 2 aliphatic rings. The lowest BCUT2D eigenvalue weighted by Crippen LogP contribution is -2.46. The van der Waals surface area contributed by atoms with E-state index in [1.165, 1.54) is 23.3 Å². The van der Waals surface area contributed by atoms with E-state index in [1.54, 1.807) is 55.1 Å². The van der Waals surface area contributed by atoms with Gasteiger partial charge >= 0.3 is 5.97 Å². The molecule has 0 unspecified atom stereocenters. The number of sulfone groups is 1. The van der Waals surface area contributed by atoms with E-state index in [9.17, 15) is 26.7 Å². The number of aliphatic carboxylic acids is 1. The van der Waals surface area contributed by atoms with Crippen molar-refractivity contribution in [3.05, 3.63) is 137 Å². The minimum Gasteiger partial charge on any atom is -0.481 e. The molecule has 17 heteroatoms. The maximum absolute atomic E-state index is 15.7. The third kappa shape index (κ3) is 12.4. The van der Waals surface area contributed by atoms with Crippen LogP contribution in [0.4, 0.5) is 27.1 Å². The number of rotatable bonds is 18. The highest BCUT2D eigenvalue weighted by molar-refractivity contribution is 7.99. The predicted octanol–water partition coefficient (Wildman–Crippen LogP) is 11.1. The van der Waals surface area contributed by atoms with Crippen LogP contribution in [0.15, 0.2) is 130 Å². The second-order valence-corrected chi connectivity index (χ2v) is 24.1. The van der Waals surface area contributed by atoms with Crippen molar-refractivity contribution in [1.82, 2.24) is 9.47 Å². The van der Waals surface area contributed by atoms with Crippen molar-refractivity contribution in [3.63, 3.8) is 0 Å². The maximum Gasteiger partial charge on any atom is 0.306 e. The predicted molar refractivity (Wildman–Crippen MR) is 287 cm³/mol. The molecule has 3 N–H and O–H groups in total. The van der Waals surface area contributed by atoms with E-state index in [0.717, 1.165) is 54.3 Å². The second kappa shape index (κ2) is 22.1. The summed E-state index contributed by atoms with van der Waals surface area (Å²) in [5, 5.41) is 13.7. The first-order valence-electron chi connectivity index (χ1n) is 24.0. The van der Waals surface area contributed by atoms with Gasteiger partial charge in [0.2, 0.25) is 0 Å². The molecular weight excluding hydrogens is 979 g/mol. The zero-order valence-electron chi connectivity index (χ0n) is 40.7. The van der Waals surface area contributed by atoms with Crippen LogP contribution >= 0.6 is 23.4 Å². The summed E-state index contributed by atoms with van der Waals surface area (Å²) in [7, 11) is -7.67. The number of anilines is 4. The van der Waals surface area contributed by atoms with Crippen molar-refractivity contribution in [1.29, 1.82) is 0 Å². The zero-order chi connectivity index (χ0) is 50.6. The summed E-state index contributed by atoms with van der Waals surface area (Å²) in [6.07, 6.45) is 3.34. The Morgan fingerprint density at radius 1 is 0.803 bits per heavy atom. The van der Waals surface area contributed by atoms with Crippen LogP contribution in [0.5, 0.6) is 0 Å². The second-order valence-electron chi connectivity index (χ2n) is 18.9. The van der Waals surface area contributed by atoms with Gasteiger partial charge in [-0.1, -0.05) is 41.9 Å². The normalized spacial score (nSPS) is 15.5. The van der Waals surface area contributed by atoms with Crippen molar-refractivity contribution >= 4 is 71.9 Å². The van der Waals surface area contributed by atoms with E-state index in [1.807, 2.05) is 79.9 Å². The Kier molecular flexibility index (Phi) is 16.1. The molecule has 0 spiro atoms. The fourth-order valence-corrected chi connectivity index (χ4v) is 13.3. The largest absolute Gasteiger partial charge is 0.481 e. The number of carboxylic acids is 1. The Morgan fingerprint density at radius 2 is 1.45 bits per heavy atom. The van der Waals surface area contributed by atoms with Gasteiger partial charge in [0.05, 0.1) is 21.4 Å². The van der Waals surface area contributed by atoms with Gasteiger partial charge in [-0.2, -0.15) is 0 Å². The number of hydrogen-bond acceptors (Lipinski definition) is 10. The molecule has 0 radical (unpaired) electrons. The number of likely N-dealkylation sites (tertiary alicyclic amines) is 1. The molecule has 0 amide bonds. The summed E-state index contributed by atoms with van der Waals surface area (Å²) in [6.45, 7) is 12.4. The van der Waals surface area contributed by atoms with Crippen molar-refractivity contribution in [2.45, 2.75) is 73.7 Å². The van der Waals surface area contributed by atoms with Crippen molar-refractivity contribution in [2.75, 3.05) is 77.7 Å². The summed E-state index contributed by atoms with van der Waals surface area (Å²) >= 11 is 8.03. The highest BCUT2D eigenvalue weighted by Gasteiger charge is 2.31. The van der Waals surface area contributed by atoms with Gasteiger partial charge in [-0.25, -0.2) is 21.2 Å². The molecule has 376 valence electrons. The molecule has 0 aliphatic carbocycles. The highest BCUT2D eigenvalue weighted by Crippen LogP contribution is 2.45. The number of nitrogens with one attached hydrogen (secondary N) is 2. The molecule has 3 heterocycles. The minimum absolute atomic E-state index is 0.0809. The molecule has 1 aromatic heterocycles. The molecule has 1 atom stereocenters. The minimum atomic E-state index is -3.92. The van der Waals surface area contributed by atoms with Crippen LogP contribution in [0.25, 0.3) is 22.4 Å². The summed E-state index contributed by atoms with van der Waals surface area (Å²) in [4.78, 5) is 19.6. The Hall–Kier alpha value is -5.52. The first-order valence-corrected chi connectivity index (χ1v) is 28.7. The van der Waals surface area contributed by atoms with Gasteiger partial charge in [-0.3, -0.25) is 9.52 Å². The Labute approximate surface area is 427 Å². The van der Waals surface area contributed by atoms with Crippen molar-refractivity contribution < 1.29 is 31.1 Å². The molecular formula is C54H62ClFN6O6S3. The SMILES string of the molecule is Cc1cc(S(=O)(=O)Nc2ccc(N3CCN(c4cc(F)cc(-c5c(S(C)(=O)=O)c(C)n(C(C)C)c5-c5ccc(Cl)cc5)c4)CC3)cc2)ccc1N[C@H](CCN1CCC(C(=O)O)CC1)CSc1ccccc1. The number of piperazine rings is 1. The molecule has 12 nitrogen and oxygen atoms in total. The Balaban J connectivity index is 0.919. The number of aryl methyl sites for hydroxylation is 1. The topological polar surface area (TPSA) is 144 Å². The van der Waals surface area contributed by atoms with Gasteiger partial charge in [0.1, 0.15) is 5.82 Å². The number of piperidine rings is 1. The molecule has 71 heavy (non-hydrogen) atoms. The number of thioether (sulfide) groups is 1. The third-order valence-electron chi connectivity index (χ3n) is 13.5. The standard InChI is InChI=1S/C54H62ClFN6O6S3/c1-36(2)62-38(4)53(70(5,65)66)51(52(62)39-11-13-42(55)14-12-39)41-32-43(56)34-47(33-41)61-29-27-60(28-30-61)46-17-15-44(16-18-46)58-71(67,68)49-19-20-50(37(3)31-49)57-45(35-69-48-9-7-6-8-10-48)23-26-59-24-21-40(22-25-59)54(63)64/h6-20,31-34,36,40,45,57-58H,21-30,35H2,1-5H3,(H,63,64)/t45-/m1/s1. The Morgan fingerprint density at radius 3 is 2.06 bits per heavy atom. The Bertz CT molecular complexity index is 3070. The monoisotopic (exact) mass is 1040 g/mol. The number of sulfonamides is 1. The zero-order valence-corrected chi connectivity index (χ0v) is 43.9. The van der Waals surface area contributed by atoms with Crippen LogP contribution in [0, 0.1) is 25.6 Å². The fraction of sp³-hybridized carbons (Fsp3) is 0.352. The van der Waals surface area contributed by atoms with Crippen LogP contribution in [0.1, 0.15) is 50.4 Å². The number of carbonyl (C=O) groups is 1. The lowest BCUT2D eigenvalue weighted by Gasteiger charge is -2.37. The fourth-order valence-electron chi connectivity index (χ4n) is 9.86. The van der Waals surface area contributed by atoms with Gasteiger partial charge in [0.25, 0.3) is 10.0 Å². The number of halogens is 2. The summed E-state index contributed by atoms with van der Waals surface area (Å²) in [5.74, 6) is -0.669. The van der Waals surface area contributed by atoms with Gasteiger partial charge < -0.3 is 29.7 Å². The highest BCUT2D eigenvalue weighted by atomic mass is 35.5. The maximum atomic E-state index is 15.7. The smallest absolute Gasteiger partial charge is 0.306 e. The molecule has 0 bridgehead atoms. The molecule has 8 rings (SSSR count). The number of nitrogens with zero attached hydrogens (tertiary/aromatic N) is 4. The van der Waals surface area contributed by atoms with Gasteiger partial charge in [-0.05, 0) is 162 Å². The number of hydrogen-bond donors (Lipinski definition) is 3. The molecule has 2 fully saturated rings. The molecule has 2 aliphatic heterocycles. The van der Waals surface area contributed by atoms with E-state index in [-0.39, 0.29) is 27.8 Å². The van der Waals surface area contributed by atoms with Crippen molar-refractivity contribution in [3.8, 4) is 22.4 Å². The van der Waals surface area contributed by atoms with E-state index < -0.39 is 31.6 Å². The van der Waals surface area contributed by atoms with E-state index >= 15 is 4.39 Å². The third-order valence-corrected chi connectivity index (χ3v) is 17.5. The summed E-state index contributed by atoms with van der Waals surface area (Å²) in [6, 6.07) is 34.6. The van der Waals surface area contributed by atoms with Gasteiger partial charge in [0, 0.05) is 101 Å². The number of carboxylic acid groups (broad SMARTS) is 1. The van der Waals surface area contributed by atoms with Crippen LogP contribution in [-0.4, -0.2) is 101 Å². The van der Waals surface area contributed by atoms with Crippen LogP contribution in [0.2, 0.25) is 5.02 Å². The lowest BCUT2D eigenvalue weighted by molar-refractivity contribution is -0.143. The van der Waals surface area contributed by atoms with Crippen LogP contribution < -0.4 is 19.8 Å². The molecule has 5 aromatic carbocycles. The van der Waals surface area contributed by atoms with Crippen LogP contribution in [-0.2, 0) is 24.7 Å². The van der Waals surface area contributed by atoms with Gasteiger partial charge in [-0.15, -0.1) is 11.8 Å². The van der Waals surface area contributed by atoms with E-state index in [0.29, 0.717) is 77.9 Å². The van der Waals surface area contributed by atoms with Crippen molar-refractivity contribution in [2.24, 2.45) is 5.92 Å². The quantitative estimate of drug-likeness (QED) is 0.0708. The average Bonchev–Trinajstić information content (AvgIpc) is 3.67.